The van der Waals surface area contributed by atoms with E-state index in [1.807, 2.05) is 30.3 Å². The van der Waals surface area contributed by atoms with Crippen LogP contribution in [0.2, 0.25) is 0 Å². The van der Waals surface area contributed by atoms with Crippen LogP contribution < -0.4 is 9.47 Å². The SMILES string of the molecule is COc1ccc(OC)c(C(=O)N(C)CCCc2cc(-c3ccccc3)n[nH]2)c1. The molecular weight excluding hydrogens is 354 g/mol. The molecule has 1 heterocycles. The summed E-state index contributed by atoms with van der Waals surface area (Å²) in [6, 6.07) is 17.3. The highest BCUT2D eigenvalue weighted by Crippen LogP contribution is 2.25. The van der Waals surface area contributed by atoms with Gasteiger partial charge in [-0.3, -0.25) is 9.89 Å². The minimum Gasteiger partial charge on any atom is -0.497 e. The first-order valence-corrected chi connectivity index (χ1v) is 9.19. The first-order valence-electron chi connectivity index (χ1n) is 9.19. The van der Waals surface area contributed by atoms with Crippen LogP contribution in [0.1, 0.15) is 22.5 Å². The predicted octanol–water partition coefficient (Wildman–Crippen LogP) is 3.80. The lowest BCUT2D eigenvalue weighted by Gasteiger charge is -2.19. The lowest BCUT2D eigenvalue weighted by molar-refractivity contribution is 0.0789. The average molecular weight is 379 g/mol. The first kappa shape index (κ1) is 19.5. The molecule has 0 radical (unpaired) electrons. The summed E-state index contributed by atoms with van der Waals surface area (Å²) in [6.45, 7) is 0.624. The van der Waals surface area contributed by atoms with E-state index in [-0.39, 0.29) is 5.91 Å². The number of amides is 1. The van der Waals surface area contributed by atoms with E-state index < -0.39 is 0 Å². The zero-order valence-electron chi connectivity index (χ0n) is 16.4. The Morgan fingerprint density at radius 1 is 1.07 bits per heavy atom. The fourth-order valence-electron chi connectivity index (χ4n) is 3.04. The fourth-order valence-corrected chi connectivity index (χ4v) is 3.04. The molecular formula is C22H25N3O3. The number of rotatable bonds is 8. The van der Waals surface area contributed by atoms with Gasteiger partial charge in [0.25, 0.3) is 5.91 Å². The van der Waals surface area contributed by atoms with Crippen LogP contribution >= 0.6 is 0 Å². The number of aromatic amines is 1. The molecule has 0 fully saturated rings. The van der Waals surface area contributed by atoms with Crippen molar-refractivity contribution in [3.05, 3.63) is 65.9 Å². The van der Waals surface area contributed by atoms with E-state index >= 15 is 0 Å². The van der Waals surface area contributed by atoms with Gasteiger partial charge in [-0.2, -0.15) is 5.10 Å². The van der Waals surface area contributed by atoms with Crippen molar-refractivity contribution in [2.75, 3.05) is 27.8 Å². The zero-order valence-corrected chi connectivity index (χ0v) is 16.4. The van der Waals surface area contributed by atoms with Crippen molar-refractivity contribution in [2.24, 2.45) is 0 Å². The van der Waals surface area contributed by atoms with Gasteiger partial charge in [-0.1, -0.05) is 30.3 Å². The second kappa shape index (κ2) is 9.08. The van der Waals surface area contributed by atoms with Crippen molar-refractivity contribution in [3.8, 4) is 22.8 Å². The molecule has 0 atom stereocenters. The Balaban J connectivity index is 1.58. The Bertz CT molecular complexity index is 922. The maximum Gasteiger partial charge on any atom is 0.257 e. The van der Waals surface area contributed by atoms with Gasteiger partial charge in [0.15, 0.2) is 0 Å². The normalized spacial score (nSPS) is 10.5. The minimum absolute atomic E-state index is 0.0923. The van der Waals surface area contributed by atoms with Crippen molar-refractivity contribution in [1.29, 1.82) is 0 Å². The van der Waals surface area contributed by atoms with Crippen LogP contribution in [0, 0.1) is 0 Å². The number of nitrogens with one attached hydrogen (secondary N) is 1. The quantitative estimate of drug-likeness (QED) is 0.646. The molecule has 0 bridgehead atoms. The molecule has 6 nitrogen and oxygen atoms in total. The largest absolute Gasteiger partial charge is 0.497 e. The number of carbonyl (C=O) groups is 1. The molecule has 0 unspecified atom stereocenters. The van der Waals surface area contributed by atoms with E-state index in [1.165, 1.54) is 0 Å². The van der Waals surface area contributed by atoms with E-state index in [1.54, 1.807) is 44.4 Å². The number of carbonyl (C=O) groups excluding carboxylic acids is 1. The van der Waals surface area contributed by atoms with Crippen LogP contribution in [-0.4, -0.2) is 48.8 Å². The summed E-state index contributed by atoms with van der Waals surface area (Å²) >= 11 is 0. The summed E-state index contributed by atoms with van der Waals surface area (Å²) in [4.78, 5) is 14.5. The highest BCUT2D eigenvalue weighted by Gasteiger charge is 2.17. The van der Waals surface area contributed by atoms with Gasteiger partial charge in [-0.25, -0.2) is 0 Å². The highest BCUT2D eigenvalue weighted by molar-refractivity contribution is 5.97. The summed E-state index contributed by atoms with van der Waals surface area (Å²) in [6.07, 6.45) is 1.64. The molecule has 1 aromatic heterocycles. The average Bonchev–Trinajstić information content (AvgIpc) is 3.22. The van der Waals surface area contributed by atoms with Gasteiger partial charge in [0.05, 0.1) is 25.5 Å². The topological polar surface area (TPSA) is 67.5 Å². The summed E-state index contributed by atoms with van der Waals surface area (Å²) in [5.74, 6) is 1.08. The van der Waals surface area contributed by atoms with Crippen LogP contribution in [-0.2, 0) is 6.42 Å². The van der Waals surface area contributed by atoms with Crippen molar-refractivity contribution in [1.82, 2.24) is 15.1 Å². The third-order valence-electron chi connectivity index (χ3n) is 4.62. The number of H-pyrrole nitrogens is 1. The van der Waals surface area contributed by atoms with Gasteiger partial charge < -0.3 is 14.4 Å². The van der Waals surface area contributed by atoms with Crippen LogP contribution in [0.5, 0.6) is 11.5 Å². The van der Waals surface area contributed by atoms with E-state index in [0.717, 1.165) is 29.8 Å². The van der Waals surface area contributed by atoms with Crippen molar-refractivity contribution in [3.63, 3.8) is 0 Å². The van der Waals surface area contributed by atoms with Crippen molar-refractivity contribution < 1.29 is 14.3 Å². The Morgan fingerprint density at radius 2 is 1.86 bits per heavy atom. The van der Waals surface area contributed by atoms with Gasteiger partial charge in [0, 0.05) is 24.8 Å². The molecule has 1 N–H and O–H groups in total. The van der Waals surface area contributed by atoms with Crippen LogP contribution in [0.4, 0.5) is 0 Å². The number of hydrogen-bond donors (Lipinski definition) is 1. The molecule has 146 valence electrons. The Labute approximate surface area is 165 Å². The summed E-state index contributed by atoms with van der Waals surface area (Å²) in [5.41, 5.74) is 3.57. The fraction of sp³-hybridized carbons (Fsp3) is 0.273. The molecule has 0 saturated carbocycles. The summed E-state index contributed by atoms with van der Waals surface area (Å²) in [5, 5.41) is 7.45. The standard InChI is InChI=1S/C22H25N3O3/c1-25(22(26)19-15-18(27-2)11-12-21(19)28-3)13-7-10-17-14-20(24-23-17)16-8-5-4-6-9-16/h4-6,8-9,11-12,14-15H,7,10,13H2,1-3H3,(H,23,24). The van der Waals surface area contributed by atoms with Crippen LogP contribution in [0.25, 0.3) is 11.3 Å². The zero-order chi connectivity index (χ0) is 19.9. The van der Waals surface area contributed by atoms with Gasteiger partial charge in [0.1, 0.15) is 11.5 Å². The number of ether oxygens (including phenoxy) is 2. The van der Waals surface area contributed by atoms with Gasteiger partial charge in [-0.15, -0.1) is 0 Å². The predicted molar refractivity (Wildman–Crippen MR) is 109 cm³/mol. The summed E-state index contributed by atoms with van der Waals surface area (Å²) in [7, 11) is 4.93. The first-order chi connectivity index (χ1) is 13.6. The van der Waals surface area contributed by atoms with E-state index in [0.29, 0.717) is 23.6 Å². The smallest absolute Gasteiger partial charge is 0.257 e. The van der Waals surface area contributed by atoms with Crippen molar-refractivity contribution >= 4 is 5.91 Å². The maximum absolute atomic E-state index is 12.8. The van der Waals surface area contributed by atoms with E-state index in [9.17, 15) is 4.79 Å². The monoisotopic (exact) mass is 379 g/mol. The second-order valence-electron chi connectivity index (χ2n) is 6.54. The lowest BCUT2D eigenvalue weighted by atomic mass is 10.1. The van der Waals surface area contributed by atoms with Crippen LogP contribution in [0.15, 0.2) is 54.6 Å². The Kier molecular flexibility index (Phi) is 6.32. The molecule has 28 heavy (non-hydrogen) atoms. The minimum atomic E-state index is -0.0923. The molecule has 3 aromatic rings. The number of nitrogens with zero attached hydrogens (tertiary/aromatic N) is 2. The molecule has 3 rings (SSSR count). The van der Waals surface area contributed by atoms with Crippen LogP contribution in [0.3, 0.4) is 0 Å². The second-order valence-corrected chi connectivity index (χ2v) is 6.54. The van der Waals surface area contributed by atoms with Gasteiger partial charge in [0.2, 0.25) is 0 Å². The third kappa shape index (κ3) is 4.52. The maximum atomic E-state index is 12.8. The lowest BCUT2D eigenvalue weighted by Crippen LogP contribution is -2.28. The van der Waals surface area contributed by atoms with E-state index in [2.05, 4.69) is 16.3 Å². The molecule has 6 heteroatoms. The molecule has 0 saturated heterocycles. The number of aryl methyl sites for hydroxylation is 1. The molecule has 1 amide bonds. The molecule has 0 spiro atoms. The number of benzene rings is 2. The third-order valence-corrected chi connectivity index (χ3v) is 4.62. The molecule has 2 aromatic carbocycles. The van der Waals surface area contributed by atoms with E-state index in [4.69, 9.17) is 9.47 Å². The molecule has 0 aliphatic rings. The van der Waals surface area contributed by atoms with Gasteiger partial charge >= 0.3 is 0 Å². The Morgan fingerprint density at radius 3 is 2.57 bits per heavy atom. The highest BCUT2D eigenvalue weighted by atomic mass is 16.5. The van der Waals surface area contributed by atoms with Crippen molar-refractivity contribution in [2.45, 2.75) is 12.8 Å². The number of methoxy groups -OCH3 is 2. The number of hydrogen-bond acceptors (Lipinski definition) is 4. The molecule has 0 aliphatic heterocycles. The Hall–Kier alpha value is -3.28. The number of aromatic nitrogens is 2. The van der Waals surface area contributed by atoms with Gasteiger partial charge in [-0.05, 0) is 37.1 Å². The molecule has 0 aliphatic carbocycles. The summed E-state index contributed by atoms with van der Waals surface area (Å²) < 4.78 is 10.5.